The van der Waals surface area contributed by atoms with Crippen LogP contribution in [-0.2, 0) is 22.1 Å². The van der Waals surface area contributed by atoms with Crippen molar-refractivity contribution < 1.29 is 18.0 Å². The lowest BCUT2D eigenvalue weighted by atomic mass is 10.0. The molecule has 0 fully saturated rings. The van der Waals surface area contributed by atoms with E-state index in [-0.39, 0.29) is 29.4 Å². The number of sulfone groups is 1. The van der Waals surface area contributed by atoms with E-state index in [1.807, 2.05) is 54.1 Å². The van der Waals surface area contributed by atoms with Gasteiger partial charge in [-0.2, -0.15) is 0 Å². The number of hydrogen-bond donors (Lipinski definition) is 5. The van der Waals surface area contributed by atoms with Gasteiger partial charge in [0, 0.05) is 12.2 Å². The molecule has 202 valence electrons. The Morgan fingerprint density at radius 2 is 1.85 bits per heavy atom. The number of urea groups is 1. The molecule has 0 atom stereocenters. The molecule has 4 aromatic rings. The first-order valence-electron chi connectivity index (χ1n) is 11.6. The number of carbonyl (C=O) groups is 2. The van der Waals surface area contributed by atoms with Gasteiger partial charge in [0.1, 0.15) is 4.83 Å². The average molecular weight is 567 g/mol. The molecule has 2 heterocycles. The maximum Gasteiger partial charge on any atom is 0.333 e. The van der Waals surface area contributed by atoms with Crippen LogP contribution in [0, 0.1) is 6.92 Å². The number of carbonyl (C=O) groups excluding carboxylic acids is 2. The average Bonchev–Trinajstić information content (AvgIpc) is 3.28. The molecule has 11 nitrogen and oxygen atoms in total. The van der Waals surface area contributed by atoms with Gasteiger partial charge in [0.25, 0.3) is 11.5 Å². The number of hydrazine groups is 1. The van der Waals surface area contributed by atoms with Crippen LogP contribution in [0.15, 0.2) is 71.0 Å². The van der Waals surface area contributed by atoms with Crippen molar-refractivity contribution in [1.82, 2.24) is 26.0 Å². The predicted octanol–water partition coefficient (Wildman–Crippen LogP) is 2.49. The Morgan fingerprint density at radius 1 is 1.10 bits per heavy atom. The van der Waals surface area contributed by atoms with Crippen molar-refractivity contribution in [3.8, 4) is 11.1 Å². The van der Waals surface area contributed by atoms with Gasteiger partial charge in [-0.05, 0) is 46.2 Å². The number of fused-ring (bicyclic) bond motifs is 1. The van der Waals surface area contributed by atoms with Crippen LogP contribution in [0.5, 0.6) is 0 Å². The number of aryl methyl sites for hydroxylation is 1. The van der Waals surface area contributed by atoms with Gasteiger partial charge in [-0.1, -0.05) is 49.0 Å². The number of amides is 3. The van der Waals surface area contributed by atoms with Crippen molar-refractivity contribution in [3.63, 3.8) is 0 Å². The molecule has 0 saturated carbocycles. The van der Waals surface area contributed by atoms with Crippen LogP contribution in [0.2, 0.25) is 0 Å². The number of aromatic amines is 1. The molecule has 0 aliphatic carbocycles. The smallest absolute Gasteiger partial charge is 0.333 e. The number of nitrogens with two attached hydrogens (primary N) is 1. The van der Waals surface area contributed by atoms with E-state index in [2.05, 4.69) is 27.2 Å². The van der Waals surface area contributed by atoms with Gasteiger partial charge in [-0.15, -0.1) is 11.3 Å². The third kappa shape index (κ3) is 6.96. The number of aromatic nitrogens is 2. The normalized spacial score (nSPS) is 11.2. The van der Waals surface area contributed by atoms with Crippen molar-refractivity contribution in [2.75, 3.05) is 5.75 Å². The molecule has 3 amide bonds. The van der Waals surface area contributed by atoms with Crippen molar-refractivity contribution in [1.29, 1.82) is 0 Å². The first kappa shape index (κ1) is 27.7. The van der Waals surface area contributed by atoms with Gasteiger partial charge >= 0.3 is 6.03 Å². The van der Waals surface area contributed by atoms with Gasteiger partial charge in [-0.3, -0.25) is 15.0 Å². The molecule has 0 aliphatic heterocycles. The summed E-state index contributed by atoms with van der Waals surface area (Å²) < 4.78 is 24.9. The highest BCUT2D eigenvalue weighted by Crippen LogP contribution is 2.22. The van der Waals surface area contributed by atoms with E-state index >= 15 is 0 Å². The van der Waals surface area contributed by atoms with E-state index in [1.165, 1.54) is 11.3 Å². The zero-order valence-electron chi connectivity index (χ0n) is 20.9. The Morgan fingerprint density at radius 3 is 2.56 bits per heavy atom. The van der Waals surface area contributed by atoms with E-state index in [0.29, 0.717) is 15.8 Å². The fourth-order valence-corrected chi connectivity index (χ4v) is 6.25. The number of benzene rings is 2. The van der Waals surface area contributed by atoms with Crippen LogP contribution < -0.4 is 27.5 Å². The summed E-state index contributed by atoms with van der Waals surface area (Å²) in [5.74, 6) is 3.80. The van der Waals surface area contributed by atoms with E-state index < -0.39 is 27.5 Å². The van der Waals surface area contributed by atoms with Gasteiger partial charge in [-0.25, -0.2) is 24.0 Å². The number of hydrogen-bond acceptors (Lipinski definition) is 8. The standard InChI is InChI=1S/C26H26N6O5S2/c1-15-12-38-25-21(15)23(33)30-22(31-25)24(34)28-11-18-4-3-5-20(10-18)19-8-6-17(7-9-19)14-39(36,37)13-16(2)29-26(35)32-27/h3-10,12H,2,11,13-14,27H2,1H3,(H,28,34)(H2,29,32,35)(H,30,31,33). The van der Waals surface area contributed by atoms with Gasteiger partial charge in [0.05, 0.1) is 16.9 Å². The molecule has 0 unspecified atom stereocenters. The summed E-state index contributed by atoms with van der Waals surface area (Å²) >= 11 is 1.31. The van der Waals surface area contributed by atoms with E-state index in [4.69, 9.17) is 5.84 Å². The van der Waals surface area contributed by atoms with Crippen LogP contribution in [-0.4, -0.2) is 36.1 Å². The number of rotatable bonds is 9. The third-order valence-electron chi connectivity index (χ3n) is 5.71. The van der Waals surface area contributed by atoms with Crippen molar-refractivity contribution in [2.45, 2.75) is 19.2 Å². The fraction of sp³-hybridized carbons (Fsp3) is 0.154. The summed E-state index contributed by atoms with van der Waals surface area (Å²) in [5.41, 5.74) is 5.48. The molecule has 4 rings (SSSR count). The molecule has 2 aromatic carbocycles. The molecule has 0 spiro atoms. The third-order valence-corrected chi connectivity index (χ3v) is 8.26. The maximum atomic E-state index is 12.6. The summed E-state index contributed by atoms with van der Waals surface area (Å²) in [4.78, 5) is 43.5. The highest BCUT2D eigenvalue weighted by atomic mass is 32.2. The molecule has 0 bridgehead atoms. The molecular formula is C26H26N6O5S2. The Kier molecular flexibility index (Phi) is 8.24. The van der Waals surface area contributed by atoms with Crippen LogP contribution >= 0.6 is 11.3 Å². The van der Waals surface area contributed by atoms with Crippen LogP contribution in [0.4, 0.5) is 4.79 Å². The molecule has 0 radical (unpaired) electrons. The van der Waals surface area contributed by atoms with E-state index in [0.717, 1.165) is 22.3 Å². The lowest BCUT2D eigenvalue weighted by Gasteiger charge is -2.10. The number of nitrogens with zero attached hydrogens (tertiary/aromatic N) is 1. The number of H-pyrrole nitrogens is 1. The Labute approximate surface area is 228 Å². The summed E-state index contributed by atoms with van der Waals surface area (Å²) in [6.07, 6.45) is 0. The molecule has 6 N–H and O–H groups in total. The lowest BCUT2D eigenvalue weighted by Crippen LogP contribution is -2.40. The van der Waals surface area contributed by atoms with Crippen LogP contribution in [0.25, 0.3) is 21.3 Å². The second-order valence-corrected chi connectivity index (χ2v) is 11.8. The minimum absolute atomic E-state index is 0.0165. The van der Waals surface area contributed by atoms with Gasteiger partial charge < -0.3 is 15.6 Å². The summed E-state index contributed by atoms with van der Waals surface area (Å²) in [5, 5.41) is 7.35. The van der Waals surface area contributed by atoms with E-state index in [9.17, 15) is 22.8 Å². The second-order valence-electron chi connectivity index (χ2n) is 8.83. The summed E-state index contributed by atoms with van der Waals surface area (Å²) in [6, 6.07) is 13.8. The number of thiophene rings is 1. The largest absolute Gasteiger partial charge is 0.345 e. The molecule has 13 heteroatoms. The maximum absolute atomic E-state index is 12.6. The van der Waals surface area contributed by atoms with Crippen LogP contribution in [0.1, 0.15) is 27.3 Å². The topological polar surface area (TPSA) is 176 Å². The van der Waals surface area contributed by atoms with E-state index in [1.54, 1.807) is 12.1 Å². The first-order valence-corrected chi connectivity index (χ1v) is 14.3. The Hall–Kier alpha value is -4.33. The minimum Gasteiger partial charge on any atom is -0.345 e. The lowest BCUT2D eigenvalue weighted by molar-refractivity contribution is 0.0940. The Bertz CT molecular complexity index is 1730. The van der Waals surface area contributed by atoms with Crippen molar-refractivity contribution in [2.24, 2.45) is 5.84 Å². The zero-order chi connectivity index (χ0) is 28.2. The highest BCUT2D eigenvalue weighted by Gasteiger charge is 2.16. The summed E-state index contributed by atoms with van der Waals surface area (Å²) in [7, 11) is -3.57. The Balaban J connectivity index is 1.39. The van der Waals surface area contributed by atoms with Crippen molar-refractivity contribution >= 4 is 43.3 Å². The van der Waals surface area contributed by atoms with Crippen LogP contribution in [0.3, 0.4) is 0 Å². The molecule has 2 aromatic heterocycles. The minimum atomic E-state index is -3.57. The molecule has 0 saturated heterocycles. The predicted molar refractivity (Wildman–Crippen MR) is 151 cm³/mol. The molecular weight excluding hydrogens is 540 g/mol. The summed E-state index contributed by atoms with van der Waals surface area (Å²) in [6.45, 7) is 5.58. The fourth-order valence-electron chi connectivity index (χ4n) is 3.92. The second kappa shape index (κ2) is 11.6. The molecule has 39 heavy (non-hydrogen) atoms. The first-order chi connectivity index (χ1) is 18.5. The monoisotopic (exact) mass is 566 g/mol. The molecule has 0 aliphatic rings. The van der Waals surface area contributed by atoms with Gasteiger partial charge in [0.15, 0.2) is 9.84 Å². The zero-order valence-corrected chi connectivity index (χ0v) is 22.5. The quantitative estimate of drug-likeness (QED) is 0.117. The SMILES string of the molecule is C=C(CS(=O)(=O)Cc1ccc(-c2cccc(CNC(=O)c3nc4scc(C)c4c(=O)[nH]3)c2)cc1)NC(=O)NN. The number of nitrogens with one attached hydrogen (secondary N) is 4. The van der Waals surface area contributed by atoms with Gasteiger partial charge in [0.2, 0.25) is 5.82 Å². The highest BCUT2D eigenvalue weighted by molar-refractivity contribution is 7.90. The van der Waals surface area contributed by atoms with Crippen molar-refractivity contribution in [3.05, 3.63) is 99.1 Å².